The first-order valence-corrected chi connectivity index (χ1v) is 10.2. The second-order valence-electron chi connectivity index (χ2n) is 5.95. The molecule has 2 N–H and O–H groups in total. The van der Waals surface area contributed by atoms with E-state index in [9.17, 15) is 8.42 Å². The Kier molecular flexibility index (Phi) is 5.67. The number of rotatable bonds is 4. The molecule has 6 heteroatoms. The van der Waals surface area contributed by atoms with Gasteiger partial charge < -0.3 is 5.73 Å². The molecule has 1 aliphatic rings. The summed E-state index contributed by atoms with van der Waals surface area (Å²) in [4.78, 5) is 0. The zero-order valence-electron chi connectivity index (χ0n) is 12.5. The molecule has 2 rings (SSSR count). The number of aryl methyl sites for hydroxylation is 1. The normalized spacial score (nSPS) is 22.2. The van der Waals surface area contributed by atoms with Gasteiger partial charge in [0.15, 0.2) is 0 Å². The summed E-state index contributed by atoms with van der Waals surface area (Å²) in [6.45, 7) is 3.34. The molecule has 1 aromatic rings. The Bertz CT molecular complexity index is 604. The number of benzene rings is 1. The van der Waals surface area contributed by atoms with Crippen molar-refractivity contribution < 1.29 is 8.42 Å². The van der Waals surface area contributed by atoms with Gasteiger partial charge in [-0.3, -0.25) is 0 Å². The Balaban J connectivity index is 2.06. The molecular weight excluding hydrogens is 399 g/mol. The van der Waals surface area contributed by atoms with Crippen LogP contribution in [-0.2, 0) is 10.0 Å². The third-order valence-electron chi connectivity index (χ3n) is 4.16. The van der Waals surface area contributed by atoms with E-state index < -0.39 is 10.0 Å². The van der Waals surface area contributed by atoms with E-state index in [-0.39, 0.29) is 6.04 Å². The quantitative estimate of drug-likeness (QED) is 0.759. The molecule has 0 bridgehead atoms. The third kappa shape index (κ3) is 4.40. The Hall–Kier alpha value is -0.180. The van der Waals surface area contributed by atoms with Gasteiger partial charge in [-0.15, -0.1) is 0 Å². The van der Waals surface area contributed by atoms with Crippen molar-refractivity contribution >= 4 is 32.6 Å². The van der Waals surface area contributed by atoms with Crippen LogP contribution >= 0.6 is 22.6 Å². The van der Waals surface area contributed by atoms with Crippen LogP contribution in [0.4, 0.5) is 0 Å². The Labute approximate surface area is 141 Å². The summed E-state index contributed by atoms with van der Waals surface area (Å²) in [7, 11) is -3.08. The topological polar surface area (TPSA) is 63.4 Å². The molecule has 2 atom stereocenters. The standard InChI is InChI=1S/C15H23IN2O2S/c1-11-5-3-7-13(15(11)16)14(17)9-12-6-4-8-18(10-12)21(2,19)20/h3,5,7,12,14H,4,6,8-10,17H2,1-2H3. The van der Waals surface area contributed by atoms with Gasteiger partial charge in [0.1, 0.15) is 0 Å². The molecule has 0 spiro atoms. The van der Waals surface area contributed by atoms with Crippen molar-refractivity contribution in [2.75, 3.05) is 19.3 Å². The molecule has 1 aromatic carbocycles. The molecule has 0 radical (unpaired) electrons. The molecule has 1 fully saturated rings. The van der Waals surface area contributed by atoms with E-state index in [0.717, 1.165) is 19.3 Å². The Morgan fingerprint density at radius 1 is 1.48 bits per heavy atom. The molecule has 2 unspecified atom stereocenters. The molecular formula is C15H23IN2O2S. The summed E-state index contributed by atoms with van der Waals surface area (Å²) >= 11 is 2.34. The molecule has 1 saturated heterocycles. The summed E-state index contributed by atoms with van der Waals surface area (Å²) in [6.07, 6.45) is 4.11. The van der Waals surface area contributed by atoms with Gasteiger partial charge in [-0.05, 0) is 65.8 Å². The lowest BCUT2D eigenvalue weighted by atomic mass is 9.89. The Morgan fingerprint density at radius 2 is 2.19 bits per heavy atom. The van der Waals surface area contributed by atoms with Crippen molar-refractivity contribution in [1.82, 2.24) is 4.31 Å². The van der Waals surface area contributed by atoms with Crippen molar-refractivity contribution in [2.24, 2.45) is 11.7 Å². The minimum absolute atomic E-state index is 0.0266. The molecule has 4 nitrogen and oxygen atoms in total. The van der Waals surface area contributed by atoms with Crippen molar-refractivity contribution in [3.05, 3.63) is 32.9 Å². The van der Waals surface area contributed by atoms with Crippen molar-refractivity contribution in [2.45, 2.75) is 32.2 Å². The van der Waals surface area contributed by atoms with Gasteiger partial charge in [0, 0.05) is 22.7 Å². The van der Waals surface area contributed by atoms with Crippen molar-refractivity contribution in [3.8, 4) is 0 Å². The number of sulfonamides is 1. The first-order valence-electron chi connectivity index (χ1n) is 7.24. The maximum Gasteiger partial charge on any atom is 0.211 e. The third-order valence-corrected chi connectivity index (χ3v) is 6.90. The number of hydrogen-bond donors (Lipinski definition) is 1. The minimum atomic E-state index is -3.08. The summed E-state index contributed by atoms with van der Waals surface area (Å²) < 4.78 is 26.2. The highest BCUT2D eigenvalue weighted by molar-refractivity contribution is 14.1. The summed E-state index contributed by atoms with van der Waals surface area (Å²) in [5, 5.41) is 0. The van der Waals surface area contributed by atoms with E-state index in [0.29, 0.717) is 19.0 Å². The highest BCUT2D eigenvalue weighted by atomic mass is 127. The Morgan fingerprint density at radius 3 is 2.86 bits per heavy atom. The van der Waals surface area contributed by atoms with Crippen LogP contribution in [0.25, 0.3) is 0 Å². The maximum absolute atomic E-state index is 11.7. The SMILES string of the molecule is Cc1cccc(C(N)CC2CCCN(S(C)(=O)=O)C2)c1I. The van der Waals surface area contributed by atoms with Crippen LogP contribution < -0.4 is 5.73 Å². The zero-order chi connectivity index (χ0) is 15.6. The lowest BCUT2D eigenvalue weighted by Crippen LogP contribution is -2.40. The fraction of sp³-hybridized carbons (Fsp3) is 0.600. The average Bonchev–Trinajstić information content (AvgIpc) is 2.41. The van der Waals surface area contributed by atoms with Gasteiger partial charge in [0.2, 0.25) is 10.0 Å². The van der Waals surface area contributed by atoms with Crippen LogP contribution in [0.2, 0.25) is 0 Å². The number of nitrogens with two attached hydrogens (primary N) is 1. The van der Waals surface area contributed by atoms with Crippen LogP contribution in [0.15, 0.2) is 18.2 Å². The second kappa shape index (κ2) is 6.93. The molecule has 21 heavy (non-hydrogen) atoms. The zero-order valence-corrected chi connectivity index (χ0v) is 15.5. The van der Waals surface area contributed by atoms with Gasteiger partial charge in [0.25, 0.3) is 0 Å². The molecule has 1 aliphatic heterocycles. The van der Waals surface area contributed by atoms with Crippen molar-refractivity contribution in [3.63, 3.8) is 0 Å². The van der Waals surface area contributed by atoms with E-state index in [1.54, 1.807) is 4.31 Å². The number of hydrogen-bond acceptors (Lipinski definition) is 3. The molecule has 118 valence electrons. The van der Waals surface area contributed by atoms with E-state index in [2.05, 4.69) is 41.6 Å². The van der Waals surface area contributed by atoms with Gasteiger partial charge in [-0.25, -0.2) is 12.7 Å². The molecule has 0 amide bonds. The summed E-state index contributed by atoms with van der Waals surface area (Å²) in [6, 6.07) is 6.18. The van der Waals surface area contributed by atoms with Gasteiger partial charge >= 0.3 is 0 Å². The predicted molar refractivity (Wildman–Crippen MR) is 94.6 cm³/mol. The van der Waals surface area contributed by atoms with Crippen LogP contribution in [0.1, 0.15) is 36.4 Å². The first-order chi connectivity index (χ1) is 9.79. The summed E-state index contributed by atoms with van der Waals surface area (Å²) in [5.41, 5.74) is 8.79. The monoisotopic (exact) mass is 422 g/mol. The van der Waals surface area contributed by atoms with Crippen LogP contribution in [0, 0.1) is 16.4 Å². The highest BCUT2D eigenvalue weighted by Gasteiger charge is 2.27. The molecule has 0 saturated carbocycles. The highest BCUT2D eigenvalue weighted by Crippen LogP contribution is 2.30. The van der Waals surface area contributed by atoms with E-state index >= 15 is 0 Å². The van der Waals surface area contributed by atoms with Crippen molar-refractivity contribution in [1.29, 1.82) is 0 Å². The second-order valence-corrected chi connectivity index (χ2v) is 9.01. The van der Waals surface area contributed by atoms with Gasteiger partial charge in [0.05, 0.1) is 6.26 Å². The van der Waals surface area contributed by atoms with Crippen LogP contribution in [-0.4, -0.2) is 32.1 Å². The lowest BCUT2D eigenvalue weighted by Gasteiger charge is -2.32. The molecule has 1 heterocycles. The van der Waals surface area contributed by atoms with E-state index in [1.165, 1.54) is 21.0 Å². The summed E-state index contributed by atoms with van der Waals surface area (Å²) in [5.74, 6) is 0.347. The maximum atomic E-state index is 11.7. The largest absolute Gasteiger partial charge is 0.324 e. The van der Waals surface area contributed by atoms with E-state index in [4.69, 9.17) is 5.73 Å². The smallest absolute Gasteiger partial charge is 0.211 e. The fourth-order valence-corrected chi connectivity index (χ4v) is 4.66. The fourth-order valence-electron chi connectivity index (χ4n) is 2.96. The van der Waals surface area contributed by atoms with Gasteiger partial charge in [-0.2, -0.15) is 0 Å². The molecule has 0 aromatic heterocycles. The minimum Gasteiger partial charge on any atom is -0.324 e. The lowest BCUT2D eigenvalue weighted by molar-refractivity contribution is 0.247. The van der Waals surface area contributed by atoms with E-state index in [1.807, 2.05) is 6.07 Å². The van der Waals surface area contributed by atoms with Crippen LogP contribution in [0.3, 0.4) is 0 Å². The number of piperidine rings is 1. The molecule has 0 aliphatic carbocycles. The number of halogens is 1. The van der Waals surface area contributed by atoms with Gasteiger partial charge in [-0.1, -0.05) is 18.2 Å². The van der Waals surface area contributed by atoms with Crippen LogP contribution in [0.5, 0.6) is 0 Å². The average molecular weight is 422 g/mol. The predicted octanol–water partition coefficient (Wildman–Crippen LogP) is 2.66. The number of nitrogens with zero attached hydrogens (tertiary/aromatic N) is 1. The first kappa shape index (κ1) is 17.2.